The number of hydrogen-bond acceptors (Lipinski definition) is 6. The minimum absolute atomic E-state index is 0.0773. The van der Waals surface area contributed by atoms with Gasteiger partial charge in [-0.1, -0.05) is 15.9 Å². The first kappa shape index (κ1) is 22.1. The molecule has 0 radical (unpaired) electrons. The number of benzene rings is 2. The third-order valence-electron chi connectivity index (χ3n) is 6.29. The first-order valence-corrected chi connectivity index (χ1v) is 12.1. The average Bonchev–Trinajstić information content (AvgIpc) is 3.57. The molecular weight excluding hydrogens is 488 g/mol. The van der Waals surface area contributed by atoms with Gasteiger partial charge in [-0.2, -0.15) is 0 Å². The van der Waals surface area contributed by atoms with Gasteiger partial charge < -0.3 is 23.8 Å². The van der Waals surface area contributed by atoms with Gasteiger partial charge in [-0.15, -0.1) is 0 Å². The Morgan fingerprint density at radius 2 is 1.88 bits per heavy atom. The van der Waals surface area contributed by atoms with Gasteiger partial charge >= 0.3 is 0 Å². The highest BCUT2D eigenvalue weighted by Crippen LogP contribution is 2.40. The second-order valence-corrected chi connectivity index (χ2v) is 9.18. The number of carbonyl (C=O) groups is 1. The molecule has 0 bridgehead atoms. The maximum atomic E-state index is 13.1. The molecule has 8 heteroatoms. The van der Waals surface area contributed by atoms with Crippen LogP contribution < -0.4 is 23.8 Å². The second kappa shape index (κ2) is 9.65. The third kappa shape index (κ3) is 4.68. The van der Waals surface area contributed by atoms with E-state index < -0.39 is 0 Å². The van der Waals surface area contributed by atoms with Crippen molar-refractivity contribution < 1.29 is 23.7 Å². The van der Waals surface area contributed by atoms with E-state index in [1.807, 2.05) is 24.3 Å². The first-order valence-electron chi connectivity index (χ1n) is 11.3. The summed E-state index contributed by atoms with van der Waals surface area (Å²) in [6.07, 6.45) is 6.69. The van der Waals surface area contributed by atoms with Crippen molar-refractivity contribution in [3.63, 3.8) is 0 Å². The Bertz CT molecular complexity index is 1080. The third-order valence-corrected chi connectivity index (χ3v) is 6.97. The van der Waals surface area contributed by atoms with Crippen molar-refractivity contribution in [2.45, 2.75) is 19.3 Å². The van der Waals surface area contributed by atoms with Crippen LogP contribution in [-0.4, -0.2) is 57.5 Å². The Labute approximate surface area is 202 Å². The van der Waals surface area contributed by atoms with E-state index in [4.69, 9.17) is 18.9 Å². The number of carbonyl (C=O) groups excluding carboxylic acids is 1. The minimum Gasteiger partial charge on any atom is -0.493 e. The zero-order chi connectivity index (χ0) is 22.8. The summed E-state index contributed by atoms with van der Waals surface area (Å²) >= 11 is 3.54. The molecule has 1 saturated heterocycles. The fourth-order valence-corrected chi connectivity index (χ4v) is 4.95. The van der Waals surface area contributed by atoms with Crippen LogP contribution in [0.1, 0.15) is 24.0 Å². The van der Waals surface area contributed by atoms with Crippen LogP contribution in [0.25, 0.3) is 6.08 Å². The standard InChI is InChI=1S/C25H27BrN2O5/c1-30-21-13-18-6-9-28(20(18)15-24(21)31-11-10-27-7-2-3-8-27)25(29)5-4-17-12-22-23(14-19(17)26)33-16-32-22/h4-5,12-15H,2-3,6-11,16H2,1H3/b5-4+. The summed E-state index contributed by atoms with van der Waals surface area (Å²) in [6.45, 7) is 4.61. The van der Waals surface area contributed by atoms with Crippen molar-refractivity contribution in [1.29, 1.82) is 0 Å². The fourth-order valence-electron chi connectivity index (χ4n) is 4.50. The Morgan fingerprint density at radius 1 is 1.09 bits per heavy atom. The number of rotatable bonds is 7. The van der Waals surface area contributed by atoms with Crippen LogP contribution in [0.2, 0.25) is 0 Å². The molecule has 3 heterocycles. The molecule has 0 aromatic heterocycles. The molecule has 0 N–H and O–H groups in total. The number of nitrogens with zero attached hydrogens (tertiary/aromatic N) is 2. The van der Waals surface area contributed by atoms with Gasteiger partial charge in [0.15, 0.2) is 23.0 Å². The molecule has 7 nitrogen and oxygen atoms in total. The summed E-state index contributed by atoms with van der Waals surface area (Å²) < 4.78 is 23.3. The van der Waals surface area contributed by atoms with Crippen LogP contribution in [0.15, 0.2) is 34.8 Å². The lowest BCUT2D eigenvalue weighted by Crippen LogP contribution is -2.27. The van der Waals surface area contributed by atoms with Crippen LogP contribution in [0.3, 0.4) is 0 Å². The number of likely N-dealkylation sites (tertiary alicyclic amines) is 1. The molecule has 5 rings (SSSR count). The molecule has 3 aliphatic heterocycles. The molecule has 3 aliphatic rings. The lowest BCUT2D eigenvalue weighted by molar-refractivity contribution is -0.114. The summed E-state index contributed by atoms with van der Waals surface area (Å²) in [6, 6.07) is 7.65. The van der Waals surface area contributed by atoms with Gasteiger partial charge in [-0.05, 0) is 67.8 Å². The predicted molar refractivity (Wildman–Crippen MR) is 130 cm³/mol. The number of methoxy groups -OCH3 is 1. The molecule has 0 spiro atoms. The highest BCUT2D eigenvalue weighted by Gasteiger charge is 2.26. The normalized spacial score (nSPS) is 17.1. The lowest BCUT2D eigenvalue weighted by atomic mass is 10.1. The Kier molecular flexibility index (Phi) is 6.46. The van der Waals surface area contributed by atoms with E-state index in [0.717, 1.165) is 47.3 Å². The highest BCUT2D eigenvalue weighted by atomic mass is 79.9. The van der Waals surface area contributed by atoms with Crippen LogP contribution in [0.4, 0.5) is 5.69 Å². The molecule has 1 amide bonds. The van der Waals surface area contributed by atoms with E-state index in [0.29, 0.717) is 36.1 Å². The molecule has 33 heavy (non-hydrogen) atoms. The molecule has 2 aromatic carbocycles. The number of amides is 1. The summed E-state index contributed by atoms with van der Waals surface area (Å²) in [4.78, 5) is 17.3. The van der Waals surface area contributed by atoms with E-state index in [-0.39, 0.29) is 12.7 Å². The predicted octanol–water partition coefficient (Wildman–Crippen LogP) is 4.26. The van der Waals surface area contributed by atoms with Crippen molar-refractivity contribution in [3.8, 4) is 23.0 Å². The molecule has 0 unspecified atom stereocenters. The Hall–Kier alpha value is -2.71. The van der Waals surface area contributed by atoms with Gasteiger partial charge in [-0.3, -0.25) is 9.69 Å². The molecule has 0 atom stereocenters. The topological polar surface area (TPSA) is 60.5 Å². The first-order chi connectivity index (χ1) is 16.1. The van der Waals surface area contributed by atoms with Crippen molar-refractivity contribution in [2.24, 2.45) is 0 Å². The molecule has 0 saturated carbocycles. The van der Waals surface area contributed by atoms with Crippen molar-refractivity contribution in [2.75, 3.05) is 51.6 Å². The largest absolute Gasteiger partial charge is 0.493 e. The highest BCUT2D eigenvalue weighted by molar-refractivity contribution is 9.10. The van der Waals surface area contributed by atoms with Crippen LogP contribution >= 0.6 is 15.9 Å². The quantitative estimate of drug-likeness (QED) is 0.514. The average molecular weight is 515 g/mol. The smallest absolute Gasteiger partial charge is 0.251 e. The summed E-state index contributed by atoms with van der Waals surface area (Å²) in [5.74, 6) is 2.69. The van der Waals surface area contributed by atoms with Gasteiger partial charge in [-0.25, -0.2) is 0 Å². The van der Waals surface area contributed by atoms with Gasteiger partial charge in [0.2, 0.25) is 6.79 Å². The fraction of sp³-hybridized carbons (Fsp3) is 0.400. The summed E-state index contributed by atoms with van der Waals surface area (Å²) in [5.41, 5.74) is 2.82. The minimum atomic E-state index is -0.0773. The van der Waals surface area contributed by atoms with E-state index in [1.165, 1.54) is 12.8 Å². The van der Waals surface area contributed by atoms with E-state index in [1.54, 1.807) is 24.2 Å². The SMILES string of the molecule is COc1cc2c(cc1OCCN1CCCC1)N(C(=O)/C=C/c1cc3c(cc1Br)OCO3)CC2. The molecule has 1 fully saturated rings. The number of ether oxygens (including phenoxy) is 4. The molecular formula is C25H27BrN2O5. The van der Waals surface area contributed by atoms with Gasteiger partial charge in [0.1, 0.15) is 6.61 Å². The molecule has 2 aromatic rings. The van der Waals surface area contributed by atoms with Crippen molar-refractivity contribution in [1.82, 2.24) is 4.90 Å². The monoisotopic (exact) mass is 514 g/mol. The Morgan fingerprint density at radius 3 is 2.67 bits per heavy atom. The van der Waals surface area contributed by atoms with Gasteiger partial charge in [0, 0.05) is 29.7 Å². The van der Waals surface area contributed by atoms with Gasteiger partial charge in [0.05, 0.1) is 12.8 Å². The van der Waals surface area contributed by atoms with E-state index >= 15 is 0 Å². The lowest BCUT2D eigenvalue weighted by Gasteiger charge is -2.19. The second-order valence-electron chi connectivity index (χ2n) is 8.33. The van der Waals surface area contributed by atoms with Crippen LogP contribution in [0, 0.1) is 0 Å². The summed E-state index contributed by atoms with van der Waals surface area (Å²) in [5, 5.41) is 0. The maximum absolute atomic E-state index is 13.1. The van der Waals surface area contributed by atoms with E-state index in [2.05, 4.69) is 20.8 Å². The zero-order valence-corrected chi connectivity index (χ0v) is 20.2. The van der Waals surface area contributed by atoms with E-state index in [9.17, 15) is 4.79 Å². The molecule has 0 aliphatic carbocycles. The van der Waals surface area contributed by atoms with Gasteiger partial charge in [0.25, 0.3) is 5.91 Å². The number of fused-ring (bicyclic) bond motifs is 2. The van der Waals surface area contributed by atoms with Crippen molar-refractivity contribution in [3.05, 3.63) is 45.9 Å². The Balaban J connectivity index is 1.30. The van der Waals surface area contributed by atoms with Crippen molar-refractivity contribution >= 4 is 33.6 Å². The number of hydrogen-bond donors (Lipinski definition) is 0. The number of anilines is 1. The van der Waals surface area contributed by atoms with Crippen LogP contribution in [-0.2, 0) is 11.2 Å². The number of halogens is 1. The summed E-state index contributed by atoms with van der Waals surface area (Å²) in [7, 11) is 1.65. The molecule has 174 valence electrons. The van der Waals surface area contributed by atoms with Crippen LogP contribution in [0.5, 0.6) is 23.0 Å². The maximum Gasteiger partial charge on any atom is 0.251 e. The zero-order valence-electron chi connectivity index (χ0n) is 18.6.